The van der Waals surface area contributed by atoms with Crippen molar-refractivity contribution in [3.05, 3.63) is 29.8 Å². The minimum Gasteiger partial charge on any atom is -0.508 e. The average Bonchev–Trinajstić information content (AvgIpc) is 2.69. The number of phenols is 1. The Labute approximate surface area is 97.9 Å². The summed E-state index contributed by atoms with van der Waals surface area (Å²) in [5.74, 6) is 1.13. The Morgan fingerprint density at radius 3 is 2.81 bits per heavy atom. The number of rotatable bonds is 3. The zero-order valence-corrected chi connectivity index (χ0v) is 10.2. The van der Waals surface area contributed by atoms with Crippen molar-refractivity contribution in [1.82, 2.24) is 4.90 Å². The molecule has 0 amide bonds. The van der Waals surface area contributed by atoms with Crippen LogP contribution in [-0.2, 0) is 6.54 Å². The highest BCUT2D eigenvalue weighted by molar-refractivity contribution is 5.31. The van der Waals surface area contributed by atoms with Crippen LogP contribution in [0.5, 0.6) is 5.75 Å². The van der Waals surface area contributed by atoms with Gasteiger partial charge in [0.05, 0.1) is 0 Å². The van der Waals surface area contributed by atoms with Crippen LogP contribution < -0.4 is 0 Å². The summed E-state index contributed by atoms with van der Waals surface area (Å²) in [4.78, 5) is 2.50. The normalized spacial score (nSPS) is 21.8. The van der Waals surface area contributed by atoms with Crippen LogP contribution in [0.4, 0.5) is 0 Å². The number of phenolic OH excluding ortho intramolecular Hbond substituents is 1. The first-order valence-corrected chi connectivity index (χ1v) is 6.19. The van der Waals surface area contributed by atoms with Crippen LogP contribution >= 0.6 is 0 Å². The van der Waals surface area contributed by atoms with Crippen molar-refractivity contribution in [2.75, 3.05) is 6.54 Å². The first-order valence-electron chi connectivity index (χ1n) is 6.19. The fourth-order valence-electron chi connectivity index (χ4n) is 2.67. The molecule has 0 radical (unpaired) electrons. The lowest BCUT2D eigenvalue weighted by molar-refractivity contribution is 0.197. The van der Waals surface area contributed by atoms with E-state index in [2.05, 4.69) is 18.7 Å². The molecule has 0 aliphatic carbocycles. The molecule has 1 aliphatic heterocycles. The third-order valence-electron chi connectivity index (χ3n) is 3.55. The highest BCUT2D eigenvalue weighted by Crippen LogP contribution is 2.27. The largest absolute Gasteiger partial charge is 0.508 e. The molecule has 16 heavy (non-hydrogen) atoms. The van der Waals surface area contributed by atoms with E-state index in [0.29, 0.717) is 17.7 Å². The molecular weight excluding hydrogens is 198 g/mol. The van der Waals surface area contributed by atoms with E-state index in [1.807, 2.05) is 18.2 Å². The average molecular weight is 219 g/mol. The molecule has 1 aliphatic rings. The van der Waals surface area contributed by atoms with Crippen molar-refractivity contribution in [1.29, 1.82) is 0 Å². The minimum atomic E-state index is 0.428. The molecule has 1 atom stereocenters. The predicted octanol–water partition coefficient (Wildman–Crippen LogP) is 3.01. The summed E-state index contributed by atoms with van der Waals surface area (Å²) in [5.41, 5.74) is 1.05. The standard InChI is InChI=1S/C14H21NO/c1-11(2)13-7-5-9-15(13)10-12-6-3-4-8-14(12)16/h3-4,6,8,11,13,16H,5,7,9-10H2,1-2H3. The quantitative estimate of drug-likeness (QED) is 0.844. The molecular formula is C14H21NO. The summed E-state index contributed by atoms with van der Waals surface area (Å²) < 4.78 is 0. The zero-order valence-electron chi connectivity index (χ0n) is 10.2. The van der Waals surface area contributed by atoms with Crippen LogP contribution in [0.1, 0.15) is 32.3 Å². The summed E-state index contributed by atoms with van der Waals surface area (Å²) in [7, 11) is 0. The lowest BCUT2D eigenvalue weighted by Crippen LogP contribution is -2.32. The van der Waals surface area contributed by atoms with E-state index in [4.69, 9.17) is 0 Å². The number of para-hydroxylation sites is 1. The number of nitrogens with zero attached hydrogens (tertiary/aromatic N) is 1. The molecule has 2 rings (SSSR count). The fourth-order valence-corrected chi connectivity index (χ4v) is 2.67. The third-order valence-corrected chi connectivity index (χ3v) is 3.55. The molecule has 1 saturated heterocycles. The number of likely N-dealkylation sites (tertiary alicyclic amines) is 1. The van der Waals surface area contributed by atoms with Crippen molar-refractivity contribution in [2.24, 2.45) is 5.92 Å². The van der Waals surface area contributed by atoms with E-state index in [-0.39, 0.29) is 0 Å². The monoisotopic (exact) mass is 219 g/mol. The van der Waals surface area contributed by atoms with Gasteiger partial charge in [0.25, 0.3) is 0 Å². The van der Waals surface area contributed by atoms with Crippen LogP contribution in [0.3, 0.4) is 0 Å². The van der Waals surface area contributed by atoms with E-state index in [1.54, 1.807) is 6.07 Å². The van der Waals surface area contributed by atoms with Crippen molar-refractivity contribution in [3.63, 3.8) is 0 Å². The molecule has 2 heteroatoms. The van der Waals surface area contributed by atoms with Crippen molar-refractivity contribution in [3.8, 4) is 5.75 Å². The Morgan fingerprint density at radius 1 is 1.38 bits per heavy atom. The second-order valence-corrected chi connectivity index (χ2v) is 5.05. The van der Waals surface area contributed by atoms with Gasteiger partial charge in [-0.1, -0.05) is 32.0 Å². The molecule has 1 N–H and O–H groups in total. The van der Waals surface area contributed by atoms with Gasteiger partial charge in [0.15, 0.2) is 0 Å². The van der Waals surface area contributed by atoms with Crippen molar-refractivity contribution >= 4 is 0 Å². The Bertz CT molecular complexity index is 348. The topological polar surface area (TPSA) is 23.5 Å². The zero-order chi connectivity index (χ0) is 11.5. The van der Waals surface area contributed by atoms with Gasteiger partial charge in [0, 0.05) is 18.2 Å². The minimum absolute atomic E-state index is 0.428. The Morgan fingerprint density at radius 2 is 2.12 bits per heavy atom. The van der Waals surface area contributed by atoms with Crippen molar-refractivity contribution in [2.45, 2.75) is 39.3 Å². The number of aromatic hydroxyl groups is 1. The van der Waals surface area contributed by atoms with Gasteiger partial charge < -0.3 is 5.11 Å². The summed E-state index contributed by atoms with van der Waals surface area (Å²) in [6, 6.07) is 8.35. The fraction of sp³-hybridized carbons (Fsp3) is 0.571. The van der Waals surface area contributed by atoms with Gasteiger partial charge in [-0.2, -0.15) is 0 Å². The number of benzene rings is 1. The van der Waals surface area contributed by atoms with Crippen LogP contribution in [0.2, 0.25) is 0 Å². The van der Waals surface area contributed by atoms with Crippen LogP contribution in [-0.4, -0.2) is 22.6 Å². The second kappa shape index (κ2) is 4.88. The SMILES string of the molecule is CC(C)C1CCCN1Cc1ccccc1O. The van der Waals surface area contributed by atoms with Gasteiger partial charge in [-0.25, -0.2) is 0 Å². The van der Waals surface area contributed by atoms with Gasteiger partial charge in [-0.3, -0.25) is 4.90 Å². The van der Waals surface area contributed by atoms with Gasteiger partial charge in [0.2, 0.25) is 0 Å². The van der Waals surface area contributed by atoms with Crippen LogP contribution in [0, 0.1) is 5.92 Å². The smallest absolute Gasteiger partial charge is 0.120 e. The van der Waals surface area contributed by atoms with E-state index in [9.17, 15) is 5.11 Å². The summed E-state index contributed by atoms with van der Waals surface area (Å²) >= 11 is 0. The Hall–Kier alpha value is -1.02. The molecule has 1 aromatic rings. The lowest BCUT2D eigenvalue weighted by atomic mass is 10.0. The lowest BCUT2D eigenvalue weighted by Gasteiger charge is -2.27. The van der Waals surface area contributed by atoms with Gasteiger partial charge in [-0.05, 0) is 31.4 Å². The molecule has 1 fully saturated rings. The molecule has 88 valence electrons. The maximum atomic E-state index is 9.77. The highest BCUT2D eigenvalue weighted by Gasteiger charge is 2.27. The first kappa shape index (κ1) is 11.5. The number of hydrogen-bond acceptors (Lipinski definition) is 2. The van der Waals surface area contributed by atoms with Crippen LogP contribution in [0.25, 0.3) is 0 Å². The van der Waals surface area contributed by atoms with E-state index < -0.39 is 0 Å². The third kappa shape index (κ3) is 2.38. The summed E-state index contributed by atoms with van der Waals surface area (Å²) in [5, 5.41) is 9.77. The van der Waals surface area contributed by atoms with Gasteiger partial charge >= 0.3 is 0 Å². The Balaban J connectivity index is 2.07. The maximum absolute atomic E-state index is 9.77. The molecule has 2 nitrogen and oxygen atoms in total. The van der Waals surface area contributed by atoms with Crippen molar-refractivity contribution < 1.29 is 5.11 Å². The second-order valence-electron chi connectivity index (χ2n) is 5.05. The Kier molecular flexibility index (Phi) is 3.49. The molecule has 0 bridgehead atoms. The molecule has 1 aromatic carbocycles. The molecule has 0 aromatic heterocycles. The van der Waals surface area contributed by atoms with Crippen LogP contribution in [0.15, 0.2) is 24.3 Å². The first-order chi connectivity index (χ1) is 7.68. The van der Waals surface area contributed by atoms with E-state index in [0.717, 1.165) is 18.7 Å². The summed E-state index contributed by atoms with van der Waals surface area (Å²) in [6.07, 6.45) is 2.59. The predicted molar refractivity (Wildman–Crippen MR) is 66.4 cm³/mol. The molecule has 1 heterocycles. The highest BCUT2D eigenvalue weighted by atomic mass is 16.3. The van der Waals surface area contributed by atoms with E-state index >= 15 is 0 Å². The van der Waals surface area contributed by atoms with Gasteiger partial charge in [0.1, 0.15) is 5.75 Å². The summed E-state index contributed by atoms with van der Waals surface area (Å²) in [6.45, 7) is 6.62. The van der Waals surface area contributed by atoms with Gasteiger partial charge in [-0.15, -0.1) is 0 Å². The molecule has 1 unspecified atom stereocenters. The number of hydrogen-bond donors (Lipinski definition) is 1. The molecule has 0 saturated carbocycles. The maximum Gasteiger partial charge on any atom is 0.120 e. The molecule has 0 spiro atoms. The van der Waals surface area contributed by atoms with E-state index in [1.165, 1.54) is 12.8 Å².